The van der Waals surface area contributed by atoms with Gasteiger partial charge in [-0.2, -0.15) is 0 Å². The van der Waals surface area contributed by atoms with Crippen LogP contribution in [0.25, 0.3) is 0 Å². The highest BCUT2D eigenvalue weighted by Crippen LogP contribution is 2.09. The summed E-state index contributed by atoms with van der Waals surface area (Å²) in [6, 6.07) is 0.634. The largest absolute Gasteiger partial charge is 0.381 e. The third-order valence-electron chi connectivity index (χ3n) is 2.73. The average Bonchev–Trinajstić information content (AvgIpc) is 2.24. The number of primary amides is 1. The van der Waals surface area contributed by atoms with Crippen LogP contribution in [0.1, 0.15) is 38.5 Å². The molecule has 0 aromatic heterocycles. The van der Waals surface area contributed by atoms with E-state index in [2.05, 4.69) is 5.32 Å². The fourth-order valence-electron chi connectivity index (χ4n) is 1.85. The van der Waals surface area contributed by atoms with Crippen LogP contribution in [0.2, 0.25) is 0 Å². The van der Waals surface area contributed by atoms with Gasteiger partial charge in [-0.3, -0.25) is 4.79 Å². The van der Waals surface area contributed by atoms with Gasteiger partial charge in [0.2, 0.25) is 5.91 Å². The zero-order valence-corrected chi connectivity index (χ0v) is 9.34. The van der Waals surface area contributed by atoms with E-state index in [1.165, 1.54) is 19.3 Å². The maximum absolute atomic E-state index is 10.4. The number of nitrogens with one attached hydrogen (secondary N) is 1. The molecular weight excluding hydrogens is 192 g/mol. The molecule has 1 fully saturated rings. The molecule has 0 aliphatic carbocycles. The van der Waals surface area contributed by atoms with Crippen LogP contribution >= 0.6 is 0 Å². The van der Waals surface area contributed by atoms with Gasteiger partial charge in [-0.25, -0.2) is 0 Å². The molecular formula is C11H22N2O2. The second-order valence-corrected chi connectivity index (χ2v) is 4.12. The molecule has 0 aromatic rings. The number of hydrogen-bond acceptors (Lipinski definition) is 3. The number of piperidine rings is 1. The molecule has 1 heterocycles. The summed E-state index contributed by atoms with van der Waals surface area (Å²) in [7, 11) is 0. The quantitative estimate of drug-likeness (QED) is 0.616. The molecule has 0 spiro atoms. The predicted octanol–water partition coefficient (Wildman–Crippen LogP) is 0.801. The minimum Gasteiger partial charge on any atom is -0.381 e. The highest BCUT2D eigenvalue weighted by Gasteiger charge is 2.11. The maximum Gasteiger partial charge on any atom is 0.217 e. The van der Waals surface area contributed by atoms with Crippen molar-refractivity contribution >= 4 is 5.91 Å². The minimum absolute atomic E-state index is 0.243. The summed E-state index contributed by atoms with van der Waals surface area (Å²) >= 11 is 0. The van der Waals surface area contributed by atoms with E-state index in [0.29, 0.717) is 19.1 Å². The topological polar surface area (TPSA) is 64.4 Å². The molecule has 1 amide bonds. The first-order chi connectivity index (χ1) is 7.29. The lowest BCUT2D eigenvalue weighted by Gasteiger charge is -2.23. The molecule has 0 saturated carbocycles. The molecule has 88 valence electrons. The number of carbonyl (C=O) groups excluding carboxylic acids is 1. The Labute approximate surface area is 91.5 Å². The number of hydrogen-bond donors (Lipinski definition) is 2. The zero-order chi connectivity index (χ0) is 10.9. The Morgan fingerprint density at radius 2 is 2.27 bits per heavy atom. The molecule has 4 heteroatoms. The Balaban J connectivity index is 1.85. The van der Waals surface area contributed by atoms with E-state index in [1.54, 1.807) is 0 Å². The average molecular weight is 214 g/mol. The van der Waals surface area contributed by atoms with E-state index >= 15 is 0 Å². The molecule has 4 nitrogen and oxygen atoms in total. The summed E-state index contributed by atoms with van der Waals surface area (Å²) in [5.41, 5.74) is 5.02. The molecule has 1 unspecified atom stereocenters. The van der Waals surface area contributed by atoms with Crippen molar-refractivity contribution in [3.05, 3.63) is 0 Å². The van der Waals surface area contributed by atoms with Gasteiger partial charge >= 0.3 is 0 Å². The first kappa shape index (κ1) is 12.5. The summed E-state index contributed by atoms with van der Waals surface area (Å²) in [4.78, 5) is 10.4. The van der Waals surface area contributed by atoms with Gasteiger partial charge in [0.05, 0.1) is 0 Å². The van der Waals surface area contributed by atoms with Crippen LogP contribution in [-0.4, -0.2) is 31.7 Å². The number of rotatable bonds is 7. The summed E-state index contributed by atoms with van der Waals surface area (Å²) in [6.45, 7) is 2.58. The van der Waals surface area contributed by atoms with Crippen molar-refractivity contribution in [2.75, 3.05) is 19.8 Å². The lowest BCUT2D eigenvalue weighted by molar-refractivity contribution is -0.118. The Bertz CT molecular complexity index is 179. The maximum atomic E-state index is 10.4. The SMILES string of the molecule is NC(=O)CCCOCCC1CCCCN1. The monoisotopic (exact) mass is 214 g/mol. The Morgan fingerprint density at radius 1 is 1.40 bits per heavy atom. The van der Waals surface area contributed by atoms with Crippen molar-refractivity contribution in [3.8, 4) is 0 Å². The van der Waals surface area contributed by atoms with Crippen molar-refractivity contribution in [1.29, 1.82) is 0 Å². The van der Waals surface area contributed by atoms with Gasteiger partial charge < -0.3 is 15.8 Å². The molecule has 0 radical (unpaired) electrons. The fourth-order valence-corrected chi connectivity index (χ4v) is 1.85. The van der Waals surface area contributed by atoms with Crippen molar-refractivity contribution in [2.45, 2.75) is 44.6 Å². The van der Waals surface area contributed by atoms with Crippen LogP contribution in [0.15, 0.2) is 0 Å². The molecule has 0 aromatic carbocycles. The fraction of sp³-hybridized carbons (Fsp3) is 0.909. The first-order valence-corrected chi connectivity index (χ1v) is 5.88. The molecule has 1 rings (SSSR count). The molecule has 1 aliphatic heterocycles. The van der Waals surface area contributed by atoms with E-state index in [1.807, 2.05) is 0 Å². The smallest absolute Gasteiger partial charge is 0.217 e. The van der Waals surface area contributed by atoms with E-state index < -0.39 is 0 Å². The number of ether oxygens (including phenoxy) is 1. The van der Waals surface area contributed by atoms with Gasteiger partial charge in [0.1, 0.15) is 0 Å². The number of carbonyl (C=O) groups is 1. The van der Waals surface area contributed by atoms with Crippen LogP contribution in [0.5, 0.6) is 0 Å². The first-order valence-electron chi connectivity index (χ1n) is 5.88. The Kier molecular flexibility index (Phi) is 6.36. The third-order valence-corrected chi connectivity index (χ3v) is 2.73. The molecule has 1 aliphatic rings. The van der Waals surface area contributed by atoms with Crippen LogP contribution < -0.4 is 11.1 Å². The molecule has 0 bridgehead atoms. The van der Waals surface area contributed by atoms with Crippen molar-refractivity contribution in [3.63, 3.8) is 0 Å². The highest BCUT2D eigenvalue weighted by atomic mass is 16.5. The van der Waals surface area contributed by atoms with Gasteiger partial charge in [-0.1, -0.05) is 6.42 Å². The van der Waals surface area contributed by atoms with Crippen LogP contribution in [-0.2, 0) is 9.53 Å². The van der Waals surface area contributed by atoms with Crippen molar-refractivity contribution in [2.24, 2.45) is 5.73 Å². The molecule has 1 saturated heterocycles. The van der Waals surface area contributed by atoms with Crippen molar-refractivity contribution in [1.82, 2.24) is 5.32 Å². The van der Waals surface area contributed by atoms with Gasteiger partial charge in [0.15, 0.2) is 0 Å². The highest BCUT2D eigenvalue weighted by molar-refractivity contribution is 5.73. The summed E-state index contributed by atoms with van der Waals surface area (Å²) in [5.74, 6) is -0.243. The van der Waals surface area contributed by atoms with E-state index in [9.17, 15) is 4.79 Å². The Morgan fingerprint density at radius 3 is 2.93 bits per heavy atom. The van der Waals surface area contributed by atoms with Crippen LogP contribution in [0, 0.1) is 0 Å². The predicted molar refractivity (Wildman–Crippen MR) is 59.5 cm³/mol. The van der Waals surface area contributed by atoms with Gasteiger partial charge in [-0.05, 0) is 32.2 Å². The number of amides is 1. The van der Waals surface area contributed by atoms with Crippen LogP contribution in [0.3, 0.4) is 0 Å². The minimum atomic E-state index is -0.243. The summed E-state index contributed by atoms with van der Waals surface area (Å²) < 4.78 is 5.44. The second-order valence-electron chi connectivity index (χ2n) is 4.12. The molecule has 1 atom stereocenters. The Hall–Kier alpha value is -0.610. The lowest BCUT2D eigenvalue weighted by Crippen LogP contribution is -2.34. The second kappa shape index (κ2) is 7.65. The van der Waals surface area contributed by atoms with Gasteiger partial charge in [0.25, 0.3) is 0 Å². The lowest BCUT2D eigenvalue weighted by atomic mass is 10.0. The normalized spacial score (nSPS) is 21.5. The van der Waals surface area contributed by atoms with Gasteiger partial charge in [0, 0.05) is 25.7 Å². The van der Waals surface area contributed by atoms with E-state index in [0.717, 1.165) is 26.0 Å². The van der Waals surface area contributed by atoms with Gasteiger partial charge in [-0.15, -0.1) is 0 Å². The zero-order valence-electron chi connectivity index (χ0n) is 9.34. The standard InChI is InChI=1S/C11H22N2O2/c12-11(14)5-3-8-15-9-6-10-4-1-2-7-13-10/h10,13H,1-9H2,(H2,12,14). The third kappa shape index (κ3) is 6.47. The van der Waals surface area contributed by atoms with E-state index in [-0.39, 0.29) is 5.91 Å². The number of nitrogens with two attached hydrogens (primary N) is 1. The molecule has 3 N–H and O–H groups in total. The van der Waals surface area contributed by atoms with Crippen molar-refractivity contribution < 1.29 is 9.53 Å². The van der Waals surface area contributed by atoms with Crippen LogP contribution in [0.4, 0.5) is 0 Å². The summed E-state index contributed by atoms with van der Waals surface area (Å²) in [6.07, 6.45) is 6.16. The van der Waals surface area contributed by atoms with E-state index in [4.69, 9.17) is 10.5 Å². The summed E-state index contributed by atoms with van der Waals surface area (Å²) in [5, 5.41) is 3.47. The molecule has 15 heavy (non-hydrogen) atoms.